The number of carbonyl (C=O) groups is 2. The minimum Gasteiger partial charge on any atom is -0.493 e. The lowest BCUT2D eigenvalue weighted by atomic mass is 10.2. The van der Waals surface area contributed by atoms with E-state index in [1.807, 2.05) is 49.4 Å². The molecule has 0 heterocycles. The SMILES string of the molecule is Cc1cc(OCC(=O)NNC(=O)c2cccc(OCCc3ccccc3)c2)ccc1Br. The number of ether oxygens (including phenoxy) is 2. The Labute approximate surface area is 189 Å². The Balaban J connectivity index is 1.43. The van der Waals surface area contributed by atoms with Gasteiger partial charge >= 0.3 is 0 Å². The zero-order valence-electron chi connectivity index (χ0n) is 17.1. The predicted molar refractivity (Wildman–Crippen MR) is 122 cm³/mol. The van der Waals surface area contributed by atoms with Gasteiger partial charge in [-0.2, -0.15) is 0 Å². The molecule has 160 valence electrons. The van der Waals surface area contributed by atoms with Crippen LogP contribution in [-0.2, 0) is 11.2 Å². The first-order valence-corrected chi connectivity index (χ1v) is 10.6. The van der Waals surface area contributed by atoms with E-state index in [-0.39, 0.29) is 6.61 Å². The first-order valence-electron chi connectivity index (χ1n) is 9.76. The third kappa shape index (κ3) is 7.15. The average molecular weight is 483 g/mol. The number of carbonyl (C=O) groups excluding carboxylic acids is 2. The molecular formula is C24H23BrN2O4. The van der Waals surface area contributed by atoms with Gasteiger partial charge in [0, 0.05) is 16.5 Å². The second-order valence-corrected chi connectivity index (χ2v) is 7.67. The lowest BCUT2D eigenvalue weighted by Gasteiger charge is -2.11. The third-order valence-electron chi connectivity index (χ3n) is 4.41. The smallest absolute Gasteiger partial charge is 0.276 e. The summed E-state index contributed by atoms with van der Waals surface area (Å²) >= 11 is 3.41. The monoisotopic (exact) mass is 482 g/mol. The molecule has 6 nitrogen and oxygen atoms in total. The van der Waals surface area contributed by atoms with E-state index in [2.05, 4.69) is 26.8 Å². The molecule has 0 spiro atoms. The number of amides is 2. The number of rotatable bonds is 8. The van der Waals surface area contributed by atoms with Crippen LogP contribution in [0.1, 0.15) is 21.5 Å². The molecule has 7 heteroatoms. The molecule has 0 radical (unpaired) electrons. The summed E-state index contributed by atoms with van der Waals surface area (Å²) in [6.07, 6.45) is 0.769. The average Bonchev–Trinajstić information content (AvgIpc) is 2.79. The number of hydrogen-bond acceptors (Lipinski definition) is 4. The van der Waals surface area contributed by atoms with Gasteiger partial charge in [-0.15, -0.1) is 0 Å². The largest absolute Gasteiger partial charge is 0.493 e. The minimum atomic E-state index is -0.468. The molecule has 0 aromatic heterocycles. The molecule has 2 N–H and O–H groups in total. The molecular weight excluding hydrogens is 460 g/mol. The van der Waals surface area contributed by atoms with Crippen LogP contribution in [0.2, 0.25) is 0 Å². The normalized spacial score (nSPS) is 10.3. The maximum absolute atomic E-state index is 12.3. The number of halogens is 1. The second-order valence-electron chi connectivity index (χ2n) is 6.81. The number of nitrogens with one attached hydrogen (secondary N) is 2. The first-order chi connectivity index (χ1) is 15.0. The van der Waals surface area contributed by atoms with Crippen molar-refractivity contribution in [2.45, 2.75) is 13.3 Å². The molecule has 2 amide bonds. The Morgan fingerprint density at radius 1 is 0.871 bits per heavy atom. The number of hydrogen-bond donors (Lipinski definition) is 2. The Morgan fingerprint density at radius 3 is 2.42 bits per heavy atom. The zero-order valence-corrected chi connectivity index (χ0v) is 18.6. The molecule has 0 atom stereocenters. The van der Waals surface area contributed by atoms with Gasteiger partial charge in [-0.1, -0.05) is 52.3 Å². The van der Waals surface area contributed by atoms with Crippen LogP contribution in [0.15, 0.2) is 77.3 Å². The Bertz CT molecular complexity index is 1040. The summed E-state index contributed by atoms with van der Waals surface area (Å²) in [5.74, 6) is 0.247. The molecule has 3 rings (SSSR count). The van der Waals surface area contributed by atoms with Crippen LogP contribution in [0.4, 0.5) is 0 Å². The van der Waals surface area contributed by atoms with E-state index in [1.54, 1.807) is 30.3 Å². The van der Waals surface area contributed by atoms with Gasteiger partial charge < -0.3 is 9.47 Å². The molecule has 0 aliphatic rings. The standard InChI is InChI=1S/C24H23BrN2O4/c1-17-14-21(10-11-22(17)25)31-16-23(28)26-27-24(29)19-8-5-9-20(15-19)30-13-12-18-6-3-2-4-7-18/h2-11,14-15H,12-13,16H2,1H3,(H,26,28)(H,27,29). The maximum atomic E-state index is 12.3. The Hall–Kier alpha value is -3.32. The first kappa shape index (κ1) is 22.4. The summed E-state index contributed by atoms with van der Waals surface area (Å²) in [5.41, 5.74) is 7.29. The highest BCUT2D eigenvalue weighted by Gasteiger charge is 2.09. The van der Waals surface area contributed by atoms with Crippen LogP contribution in [0.3, 0.4) is 0 Å². The van der Waals surface area contributed by atoms with E-state index >= 15 is 0 Å². The van der Waals surface area contributed by atoms with Crippen molar-refractivity contribution >= 4 is 27.7 Å². The third-order valence-corrected chi connectivity index (χ3v) is 5.30. The van der Waals surface area contributed by atoms with Gasteiger partial charge in [0.05, 0.1) is 6.61 Å². The highest BCUT2D eigenvalue weighted by atomic mass is 79.9. The maximum Gasteiger partial charge on any atom is 0.276 e. The van der Waals surface area contributed by atoms with Gasteiger partial charge in [0.15, 0.2) is 6.61 Å². The van der Waals surface area contributed by atoms with Gasteiger partial charge in [0.2, 0.25) is 0 Å². The fraction of sp³-hybridized carbons (Fsp3) is 0.167. The fourth-order valence-corrected chi connectivity index (χ4v) is 3.00. The van der Waals surface area contributed by atoms with Crippen LogP contribution in [0, 0.1) is 6.92 Å². The highest BCUT2D eigenvalue weighted by molar-refractivity contribution is 9.10. The van der Waals surface area contributed by atoms with E-state index in [4.69, 9.17) is 9.47 Å². The summed E-state index contributed by atoms with van der Waals surface area (Å²) in [7, 11) is 0. The molecule has 0 saturated carbocycles. The molecule has 31 heavy (non-hydrogen) atoms. The van der Waals surface area contributed by atoms with Crippen molar-refractivity contribution < 1.29 is 19.1 Å². The Kier molecular flexibility index (Phi) is 8.06. The summed E-state index contributed by atoms with van der Waals surface area (Å²) in [6.45, 7) is 2.21. The fourth-order valence-electron chi connectivity index (χ4n) is 2.75. The molecule has 0 aliphatic heterocycles. The van der Waals surface area contributed by atoms with E-state index in [0.29, 0.717) is 23.7 Å². The van der Waals surface area contributed by atoms with Crippen LogP contribution < -0.4 is 20.3 Å². The number of hydrazine groups is 1. The van der Waals surface area contributed by atoms with E-state index < -0.39 is 11.8 Å². The molecule has 3 aromatic carbocycles. The lowest BCUT2D eigenvalue weighted by Crippen LogP contribution is -2.43. The van der Waals surface area contributed by atoms with Crippen LogP contribution in [0.5, 0.6) is 11.5 Å². The Morgan fingerprint density at radius 2 is 1.65 bits per heavy atom. The van der Waals surface area contributed by atoms with Gasteiger partial charge in [-0.25, -0.2) is 0 Å². The van der Waals surface area contributed by atoms with Gasteiger partial charge in [-0.3, -0.25) is 20.4 Å². The number of benzene rings is 3. The van der Waals surface area contributed by atoms with Crippen molar-refractivity contribution in [2.75, 3.05) is 13.2 Å². The van der Waals surface area contributed by atoms with E-state index in [9.17, 15) is 9.59 Å². The second kappa shape index (κ2) is 11.2. The quantitative estimate of drug-likeness (QED) is 0.471. The molecule has 0 saturated heterocycles. The van der Waals surface area contributed by atoms with Crippen molar-refractivity contribution in [3.8, 4) is 11.5 Å². The minimum absolute atomic E-state index is 0.218. The van der Waals surface area contributed by atoms with Crippen molar-refractivity contribution in [3.63, 3.8) is 0 Å². The van der Waals surface area contributed by atoms with Crippen LogP contribution >= 0.6 is 15.9 Å². The molecule has 3 aromatic rings. The molecule has 0 bridgehead atoms. The van der Waals surface area contributed by atoms with Gasteiger partial charge in [-0.05, 0) is 54.4 Å². The molecule has 0 aliphatic carbocycles. The van der Waals surface area contributed by atoms with Crippen LogP contribution in [0.25, 0.3) is 0 Å². The summed E-state index contributed by atoms with van der Waals surface area (Å²) in [5, 5.41) is 0. The topological polar surface area (TPSA) is 76.7 Å². The zero-order chi connectivity index (χ0) is 22.1. The summed E-state index contributed by atoms with van der Waals surface area (Å²) in [6, 6.07) is 22.2. The lowest BCUT2D eigenvalue weighted by molar-refractivity contribution is -0.123. The molecule has 0 fully saturated rings. The van der Waals surface area contributed by atoms with Crippen molar-refractivity contribution in [1.29, 1.82) is 0 Å². The van der Waals surface area contributed by atoms with Crippen molar-refractivity contribution in [2.24, 2.45) is 0 Å². The molecule has 0 unspecified atom stereocenters. The van der Waals surface area contributed by atoms with Gasteiger partial charge in [0.25, 0.3) is 11.8 Å². The van der Waals surface area contributed by atoms with Crippen LogP contribution in [-0.4, -0.2) is 25.0 Å². The van der Waals surface area contributed by atoms with Crippen molar-refractivity contribution in [3.05, 3.63) is 94.0 Å². The van der Waals surface area contributed by atoms with E-state index in [0.717, 1.165) is 16.5 Å². The van der Waals surface area contributed by atoms with Crippen molar-refractivity contribution in [1.82, 2.24) is 10.9 Å². The van der Waals surface area contributed by atoms with Gasteiger partial charge in [0.1, 0.15) is 11.5 Å². The highest BCUT2D eigenvalue weighted by Crippen LogP contribution is 2.21. The number of aryl methyl sites for hydroxylation is 1. The summed E-state index contributed by atoms with van der Waals surface area (Å²) < 4.78 is 12.1. The summed E-state index contributed by atoms with van der Waals surface area (Å²) in [4.78, 5) is 24.3. The predicted octanol–water partition coefficient (Wildman–Crippen LogP) is 4.22. The van der Waals surface area contributed by atoms with E-state index in [1.165, 1.54) is 5.56 Å².